The molecule has 2 aromatic rings. The van der Waals surface area contributed by atoms with Gasteiger partial charge in [0.1, 0.15) is 0 Å². The summed E-state index contributed by atoms with van der Waals surface area (Å²) < 4.78 is 5.66. The zero-order valence-electron chi connectivity index (χ0n) is 11.2. The maximum atomic E-state index is 11.5. The van der Waals surface area contributed by atoms with E-state index in [0.29, 0.717) is 9.90 Å². The molecule has 1 aromatic carbocycles. The van der Waals surface area contributed by atoms with E-state index in [1.54, 1.807) is 5.32 Å². The summed E-state index contributed by atoms with van der Waals surface area (Å²) in [7, 11) is 0. The van der Waals surface area contributed by atoms with Crippen LogP contribution in [-0.2, 0) is 14.3 Å². The van der Waals surface area contributed by atoms with E-state index in [9.17, 15) is 14.4 Å². The van der Waals surface area contributed by atoms with E-state index < -0.39 is 24.5 Å². The summed E-state index contributed by atoms with van der Waals surface area (Å²) >= 11 is 7.65. The Labute approximate surface area is 134 Å². The van der Waals surface area contributed by atoms with Crippen LogP contribution in [0.15, 0.2) is 30.3 Å². The summed E-state index contributed by atoms with van der Waals surface area (Å²) in [4.78, 5) is 33.7. The fourth-order valence-corrected chi connectivity index (χ4v) is 3.04. The van der Waals surface area contributed by atoms with Crippen LogP contribution >= 0.6 is 22.9 Å². The number of carbonyl (C=O) groups is 3. The molecule has 0 fully saturated rings. The Morgan fingerprint density at radius 2 is 2.05 bits per heavy atom. The van der Waals surface area contributed by atoms with E-state index in [1.807, 2.05) is 24.3 Å². The van der Waals surface area contributed by atoms with Gasteiger partial charge >= 0.3 is 12.0 Å². The van der Waals surface area contributed by atoms with Crippen LogP contribution in [0.5, 0.6) is 0 Å². The fraction of sp³-hybridized carbons (Fsp3) is 0.0714. The molecule has 3 N–H and O–H groups in total. The van der Waals surface area contributed by atoms with Gasteiger partial charge in [0, 0.05) is 21.0 Å². The predicted molar refractivity (Wildman–Crippen MR) is 84.6 cm³/mol. The quantitative estimate of drug-likeness (QED) is 0.660. The zero-order valence-corrected chi connectivity index (χ0v) is 12.7. The molecule has 0 radical (unpaired) electrons. The van der Waals surface area contributed by atoms with Crippen LogP contribution in [0.1, 0.15) is 4.88 Å². The van der Waals surface area contributed by atoms with Crippen molar-refractivity contribution in [1.82, 2.24) is 5.32 Å². The van der Waals surface area contributed by atoms with Crippen molar-refractivity contribution in [1.29, 1.82) is 0 Å². The average Bonchev–Trinajstić information content (AvgIpc) is 2.79. The van der Waals surface area contributed by atoms with Crippen molar-refractivity contribution in [2.24, 2.45) is 5.73 Å². The molecule has 1 aromatic heterocycles. The minimum atomic E-state index is -1.01. The van der Waals surface area contributed by atoms with Crippen LogP contribution < -0.4 is 11.1 Å². The molecule has 2 rings (SSSR count). The Hall–Kier alpha value is -2.38. The minimum Gasteiger partial charge on any atom is -0.452 e. The second kappa shape index (κ2) is 7.06. The van der Waals surface area contributed by atoms with Gasteiger partial charge in [0.25, 0.3) is 5.91 Å². The number of fused-ring (bicyclic) bond motifs is 1. The molecule has 3 amide bonds. The molecule has 0 unspecified atom stereocenters. The van der Waals surface area contributed by atoms with Gasteiger partial charge in [-0.05, 0) is 12.1 Å². The fourth-order valence-electron chi connectivity index (χ4n) is 1.64. The average molecular weight is 339 g/mol. The first-order valence-electron chi connectivity index (χ1n) is 6.08. The van der Waals surface area contributed by atoms with Gasteiger partial charge in [0.05, 0.1) is 5.02 Å². The summed E-state index contributed by atoms with van der Waals surface area (Å²) in [5.41, 5.74) is 4.75. The van der Waals surface area contributed by atoms with E-state index in [4.69, 9.17) is 17.3 Å². The number of halogens is 1. The molecule has 8 heteroatoms. The highest BCUT2D eigenvalue weighted by molar-refractivity contribution is 7.20. The molecule has 0 spiro atoms. The highest BCUT2D eigenvalue weighted by Gasteiger charge is 2.09. The van der Waals surface area contributed by atoms with Gasteiger partial charge in [0.15, 0.2) is 6.61 Å². The summed E-state index contributed by atoms with van der Waals surface area (Å²) in [6.45, 7) is -0.591. The summed E-state index contributed by atoms with van der Waals surface area (Å²) in [5, 5.41) is 3.24. The van der Waals surface area contributed by atoms with Gasteiger partial charge in [-0.1, -0.05) is 29.8 Å². The summed E-state index contributed by atoms with van der Waals surface area (Å²) in [6.07, 6.45) is 2.68. The maximum absolute atomic E-state index is 11.5. The first-order valence-corrected chi connectivity index (χ1v) is 7.28. The molecular weight excluding hydrogens is 328 g/mol. The molecular formula is C14H11ClN2O4S. The van der Waals surface area contributed by atoms with Crippen LogP contribution in [-0.4, -0.2) is 24.5 Å². The second-order valence-electron chi connectivity index (χ2n) is 4.13. The highest BCUT2D eigenvalue weighted by atomic mass is 35.5. The molecule has 0 aliphatic heterocycles. The van der Waals surface area contributed by atoms with E-state index in [0.717, 1.165) is 16.2 Å². The molecule has 0 atom stereocenters. The number of nitrogens with two attached hydrogens (primary N) is 1. The number of ether oxygens (including phenoxy) is 1. The minimum absolute atomic E-state index is 0.552. The lowest BCUT2D eigenvalue weighted by Gasteiger charge is -2.00. The van der Waals surface area contributed by atoms with Crippen molar-refractivity contribution in [2.75, 3.05) is 6.61 Å². The van der Waals surface area contributed by atoms with Gasteiger partial charge in [-0.3, -0.25) is 10.1 Å². The van der Waals surface area contributed by atoms with Crippen molar-refractivity contribution in [3.8, 4) is 0 Å². The molecule has 22 heavy (non-hydrogen) atoms. The van der Waals surface area contributed by atoms with Gasteiger partial charge in [-0.2, -0.15) is 0 Å². The number of rotatable bonds is 4. The number of hydrogen-bond donors (Lipinski definition) is 2. The monoisotopic (exact) mass is 338 g/mol. The number of benzene rings is 1. The van der Waals surface area contributed by atoms with Crippen molar-refractivity contribution >= 4 is 57.0 Å². The Morgan fingerprint density at radius 1 is 1.32 bits per heavy atom. The predicted octanol–water partition coefficient (Wildman–Crippen LogP) is 2.31. The van der Waals surface area contributed by atoms with Gasteiger partial charge in [-0.15, -0.1) is 11.3 Å². The third-order valence-electron chi connectivity index (χ3n) is 2.54. The van der Waals surface area contributed by atoms with Gasteiger partial charge in [0.2, 0.25) is 0 Å². The van der Waals surface area contributed by atoms with Crippen molar-refractivity contribution in [3.63, 3.8) is 0 Å². The molecule has 6 nitrogen and oxygen atoms in total. The summed E-state index contributed by atoms with van der Waals surface area (Å²) in [5.74, 6) is -1.53. The number of hydrogen-bond acceptors (Lipinski definition) is 5. The number of esters is 1. The lowest BCUT2D eigenvalue weighted by molar-refractivity contribution is -0.143. The Kier molecular flexibility index (Phi) is 5.13. The van der Waals surface area contributed by atoms with Gasteiger partial charge in [-0.25, -0.2) is 9.59 Å². The molecule has 0 aliphatic carbocycles. The third-order valence-corrected chi connectivity index (χ3v) is 4.19. The second-order valence-corrected chi connectivity index (χ2v) is 5.59. The summed E-state index contributed by atoms with van der Waals surface area (Å²) in [6, 6.07) is 6.58. The van der Waals surface area contributed by atoms with Crippen LogP contribution in [0.25, 0.3) is 16.2 Å². The first kappa shape index (κ1) is 16.0. The zero-order chi connectivity index (χ0) is 16.1. The first-order chi connectivity index (χ1) is 10.5. The lowest BCUT2D eigenvalue weighted by atomic mass is 10.2. The van der Waals surface area contributed by atoms with Crippen LogP contribution in [0, 0.1) is 0 Å². The SMILES string of the molecule is NC(=O)NC(=O)COC(=O)/C=C/c1sc2ccccc2c1Cl. The normalized spacial score (nSPS) is 10.8. The Bertz CT molecular complexity index is 769. The van der Waals surface area contributed by atoms with Crippen LogP contribution in [0.4, 0.5) is 4.79 Å². The maximum Gasteiger partial charge on any atom is 0.331 e. The van der Waals surface area contributed by atoms with Crippen LogP contribution in [0.3, 0.4) is 0 Å². The topological polar surface area (TPSA) is 98.5 Å². The van der Waals surface area contributed by atoms with Crippen molar-refractivity contribution in [3.05, 3.63) is 40.2 Å². The number of amides is 3. The van der Waals surface area contributed by atoms with Crippen molar-refractivity contribution in [2.45, 2.75) is 0 Å². The number of urea groups is 1. The number of carbonyl (C=O) groups excluding carboxylic acids is 3. The van der Waals surface area contributed by atoms with Crippen molar-refractivity contribution < 1.29 is 19.1 Å². The number of thiophene rings is 1. The largest absolute Gasteiger partial charge is 0.452 e. The van der Waals surface area contributed by atoms with E-state index in [-0.39, 0.29) is 0 Å². The number of primary amides is 1. The van der Waals surface area contributed by atoms with Gasteiger partial charge < -0.3 is 10.5 Å². The van der Waals surface area contributed by atoms with E-state index in [2.05, 4.69) is 4.74 Å². The Morgan fingerprint density at radius 3 is 2.73 bits per heavy atom. The molecule has 0 saturated carbocycles. The number of imide groups is 1. The molecule has 114 valence electrons. The number of nitrogens with one attached hydrogen (secondary N) is 1. The van der Waals surface area contributed by atoms with Crippen LogP contribution in [0.2, 0.25) is 5.02 Å². The third kappa shape index (κ3) is 4.06. The molecule has 0 aliphatic rings. The molecule has 0 bridgehead atoms. The molecule has 1 heterocycles. The smallest absolute Gasteiger partial charge is 0.331 e. The standard InChI is InChI=1S/C14H11ClN2O4S/c15-13-8-3-1-2-4-9(8)22-10(13)5-6-12(19)21-7-11(18)17-14(16)20/h1-6H,7H2,(H3,16,17,18,20)/b6-5+. The van der Waals surface area contributed by atoms with E-state index in [1.165, 1.54) is 17.4 Å². The Balaban J connectivity index is 1.98. The molecule has 0 saturated heterocycles. The van der Waals surface area contributed by atoms with E-state index >= 15 is 0 Å². The highest BCUT2D eigenvalue weighted by Crippen LogP contribution is 2.35. The lowest BCUT2D eigenvalue weighted by Crippen LogP contribution is -2.37.